The summed E-state index contributed by atoms with van der Waals surface area (Å²) in [6.45, 7) is 5.28. The van der Waals surface area contributed by atoms with Crippen molar-refractivity contribution in [3.8, 4) is 16.8 Å². The largest absolute Gasteiger partial charge is 0.462 e. The van der Waals surface area contributed by atoms with Gasteiger partial charge in [-0.2, -0.15) is 5.10 Å². The molecule has 3 aromatic carbocycles. The van der Waals surface area contributed by atoms with Crippen LogP contribution in [0.3, 0.4) is 0 Å². The standard InChI is InChI=1S/C32H27N3O4S/c1-4-39-32(38)27-26(22-11-7-5-8-12-22)30(40-31(27)33-23-13-9-6-10-14-23)29(37)25-19-35(34-28(25)21(3)36)24-17-15-20(2)16-18-24/h5-19,33H,4H2,1-3H3. The Bertz CT molecular complexity index is 1690. The Morgan fingerprint density at radius 2 is 1.57 bits per heavy atom. The van der Waals surface area contributed by atoms with E-state index < -0.39 is 11.8 Å². The SMILES string of the molecule is CCOC(=O)c1c(Nc2ccccc2)sc(C(=O)c2cn(-c3ccc(C)cc3)nc2C(C)=O)c1-c1ccccc1. The number of carbonyl (C=O) groups excluding carboxylic acids is 3. The molecule has 2 heterocycles. The topological polar surface area (TPSA) is 90.3 Å². The first-order chi connectivity index (χ1) is 19.4. The van der Waals surface area contributed by atoms with Crippen molar-refractivity contribution < 1.29 is 19.1 Å². The fraction of sp³-hybridized carbons (Fsp3) is 0.125. The molecule has 0 unspecified atom stereocenters. The Hall–Kier alpha value is -4.82. The molecule has 0 atom stereocenters. The quantitative estimate of drug-likeness (QED) is 0.154. The first-order valence-electron chi connectivity index (χ1n) is 12.8. The van der Waals surface area contributed by atoms with Crippen LogP contribution in [0.15, 0.2) is 91.1 Å². The van der Waals surface area contributed by atoms with Crippen molar-refractivity contribution in [2.24, 2.45) is 0 Å². The molecule has 5 rings (SSSR count). The monoisotopic (exact) mass is 549 g/mol. The summed E-state index contributed by atoms with van der Waals surface area (Å²) in [6.07, 6.45) is 1.58. The van der Waals surface area contributed by atoms with E-state index >= 15 is 0 Å². The number of carbonyl (C=O) groups is 3. The van der Waals surface area contributed by atoms with E-state index in [1.54, 1.807) is 13.1 Å². The lowest BCUT2D eigenvalue weighted by Crippen LogP contribution is -2.09. The van der Waals surface area contributed by atoms with Gasteiger partial charge in [-0.15, -0.1) is 11.3 Å². The van der Waals surface area contributed by atoms with Gasteiger partial charge in [0.1, 0.15) is 16.3 Å². The van der Waals surface area contributed by atoms with Crippen LogP contribution >= 0.6 is 11.3 Å². The Morgan fingerprint density at radius 1 is 0.925 bits per heavy atom. The van der Waals surface area contributed by atoms with Gasteiger partial charge in [-0.1, -0.05) is 66.2 Å². The van der Waals surface area contributed by atoms with E-state index in [1.807, 2.05) is 91.9 Å². The van der Waals surface area contributed by atoms with Crippen LogP contribution in [0.4, 0.5) is 10.7 Å². The summed E-state index contributed by atoms with van der Waals surface area (Å²) >= 11 is 1.15. The van der Waals surface area contributed by atoms with E-state index in [-0.39, 0.29) is 29.2 Å². The minimum atomic E-state index is -0.544. The van der Waals surface area contributed by atoms with Crippen LogP contribution in [0.1, 0.15) is 55.5 Å². The molecule has 0 saturated heterocycles. The number of aryl methyl sites for hydroxylation is 1. The summed E-state index contributed by atoms with van der Waals surface area (Å²) < 4.78 is 6.98. The van der Waals surface area contributed by atoms with Crippen molar-refractivity contribution in [2.75, 3.05) is 11.9 Å². The number of ether oxygens (including phenoxy) is 1. The highest BCUT2D eigenvalue weighted by atomic mass is 32.1. The Balaban J connectivity index is 1.72. The van der Waals surface area contributed by atoms with Gasteiger partial charge in [0.2, 0.25) is 5.78 Å². The number of esters is 1. The molecule has 8 heteroatoms. The number of hydrogen-bond acceptors (Lipinski definition) is 7. The van der Waals surface area contributed by atoms with Crippen LogP contribution < -0.4 is 5.32 Å². The maximum atomic E-state index is 14.3. The number of nitrogens with zero attached hydrogens (tertiary/aromatic N) is 2. The van der Waals surface area contributed by atoms with Crippen molar-refractivity contribution in [3.05, 3.63) is 118 Å². The summed E-state index contributed by atoms with van der Waals surface area (Å²) in [5, 5.41) is 8.24. The number of nitrogens with one attached hydrogen (secondary N) is 1. The smallest absolute Gasteiger partial charge is 0.341 e. The van der Waals surface area contributed by atoms with Crippen LogP contribution in [0.25, 0.3) is 16.8 Å². The number of thiophene rings is 1. The third-order valence-electron chi connectivity index (χ3n) is 6.28. The van der Waals surface area contributed by atoms with Crippen LogP contribution in [0.2, 0.25) is 0 Å². The van der Waals surface area contributed by atoms with E-state index in [9.17, 15) is 14.4 Å². The number of anilines is 2. The zero-order valence-corrected chi connectivity index (χ0v) is 23.1. The summed E-state index contributed by atoms with van der Waals surface area (Å²) in [5.74, 6) is -1.28. The molecular weight excluding hydrogens is 522 g/mol. The highest BCUT2D eigenvalue weighted by Gasteiger charge is 2.32. The molecule has 7 nitrogen and oxygen atoms in total. The minimum absolute atomic E-state index is 0.0632. The number of benzene rings is 3. The van der Waals surface area contributed by atoms with Crippen molar-refractivity contribution in [2.45, 2.75) is 20.8 Å². The van der Waals surface area contributed by atoms with E-state index in [0.29, 0.717) is 21.0 Å². The average molecular weight is 550 g/mol. The summed E-state index contributed by atoms with van der Waals surface area (Å²) in [7, 11) is 0. The van der Waals surface area contributed by atoms with E-state index in [1.165, 1.54) is 11.6 Å². The maximum Gasteiger partial charge on any atom is 0.341 e. The van der Waals surface area contributed by atoms with Gasteiger partial charge in [0.15, 0.2) is 5.78 Å². The number of hydrogen-bond donors (Lipinski definition) is 1. The molecular formula is C32H27N3O4S. The average Bonchev–Trinajstić information content (AvgIpc) is 3.57. The minimum Gasteiger partial charge on any atom is -0.462 e. The van der Waals surface area contributed by atoms with Gasteiger partial charge in [0.25, 0.3) is 0 Å². The summed E-state index contributed by atoms with van der Waals surface area (Å²) in [6, 6.07) is 26.3. The second kappa shape index (κ2) is 11.5. The van der Waals surface area contributed by atoms with Gasteiger partial charge in [-0.3, -0.25) is 9.59 Å². The highest BCUT2D eigenvalue weighted by Crippen LogP contribution is 2.43. The second-order valence-corrected chi connectivity index (χ2v) is 10.2. The lowest BCUT2D eigenvalue weighted by Gasteiger charge is -2.10. The third kappa shape index (κ3) is 5.34. The van der Waals surface area contributed by atoms with Crippen LogP contribution in [-0.2, 0) is 4.74 Å². The molecule has 0 aliphatic heterocycles. The fourth-order valence-corrected chi connectivity index (χ4v) is 5.55. The van der Waals surface area contributed by atoms with Crippen LogP contribution in [0.5, 0.6) is 0 Å². The van der Waals surface area contributed by atoms with Gasteiger partial charge >= 0.3 is 5.97 Å². The molecule has 2 aromatic heterocycles. The predicted octanol–water partition coefficient (Wildman–Crippen LogP) is 7.26. The molecule has 0 aliphatic carbocycles. The zero-order chi connectivity index (χ0) is 28.2. The normalized spacial score (nSPS) is 10.8. The first kappa shape index (κ1) is 26.8. The van der Waals surface area contributed by atoms with Gasteiger partial charge in [0.05, 0.1) is 22.7 Å². The third-order valence-corrected chi connectivity index (χ3v) is 7.38. The first-order valence-corrected chi connectivity index (χ1v) is 13.6. The fourth-order valence-electron chi connectivity index (χ4n) is 4.36. The molecule has 0 amide bonds. The van der Waals surface area contributed by atoms with Crippen molar-refractivity contribution in [1.29, 1.82) is 0 Å². The van der Waals surface area contributed by atoms with Crippen molar-refractivity contribution in [1.82, 2.24) is 9.78 Å². The lowest BCUT2D eigenvalue weighted by atomic mass is 9.97. The van der Waals surface area contributed by atoms with Gasteiger partial charge < -0.3 is 10.1 Å². The molecule has 200 valence electrons. The van der Waals surface area contributed by atoms with Gasteiger partial charge in [-0.25, -0.2) is 9.48 Å². The van der Waals surface area contributed by atoms with E-state index in [4.69, 9.17) is 4.74 Å². The van der Waals surface area contributed by atoms with Crippen molar-refractivity contribution >= 4 is 39.6 Å². The van der Waals surface area contributed by atoms with E-state index in [2.05, 4.69) is 10.4 Å². The Labute approximate surface area is 236 Å². The predicted molar refractivity (Wildman–Crippen MR) is 157 cm³/mol. The zero-order valence-electron chi connectivity index (χ0n) is 22.3. The van der Waals surface area contributed by atoms with Gasteiger partial charge in [-0.05, 0) is 43.7 Å². The molecule has 0 radical (unpaired) electrons. The number of para-hydroxylation sites is 1. The Morgan fingerprint density at radius 3 is 2.20 bits per heavy atom. The molecule has 0 spiro atoms. The highest BCUT2D eigenvalue weighted by molar-refractivity contribution is 7.19. The van der Waals surface area contributed by atoms with E-state index in [0.717, 1.165) is 28.3 Å². The molecule has 5 aromatic rings. The maximum absolute atomic E-state index is 14.3. The summed E-state index contributed by atoms with van der Waals surface area (Å²) in [5.41, 5.74) is 4.17. The van der Waals surface area contributed by atoms with Crippen LogP contribution in [-0.4, -0.2) is 33.9 Å². The number of rotatable bonds is 9. The van der Waals surface area contributed by atoms with Gasteiger partial charge in [0, 0.05) is 24.4 Å². The lowest BCUT2D eigenvalue weighted by molar-refractivity contribution is 0.0529. The van der Waals surface area contributed by atoms with Crippen molar-refractivity contribution in [3.63, 3.8) is 0 Å². The molecule has 0 fully saturated rings. The molecule has 0 saturated carbocycles. The molecule has 0 aliphatic rings. The number of ketones is 2. The summed E-state index contributed by atoms with van der Waals surface area (Å²) in [4.78, 5) is 40.6. The molecule has 40 heavy (non-hydrogen) atoms. The Kier molecular flexibility index (Phi) is 7.70. The number of aromatic nitrogens is 2. The molecule has 0 bridgehead atoms. The molecule has 1 N–H and O–H groups in total. The van der Waals surface area contributed by atoms with Crippen LogP contribution in [0, 0.1) is 6.92 Å². The number of Topliss-reactive ketones (excluding diaryl/α,β-unsaturated/α-hetero) is 1. The second-order valence-electron chi connectivity index (χ2n) is 9.14.